The van der Waals surface area contributed by atoms with Crippen molar-refractivity contribution in [3.05, 3.63) is 29.3 Å². The highest BCUT2D eigenvalue weighted by Gasteiger charge is 2.48. The van der Waals surface area contributed by atoms with Crippen molar-refractivity contribution in [2.75, 3.05) is 7.11 Å². The number of aldehydes is 1. The topological polar surface area (TPSA) is 26.3 Å². The lowest BCUT2D eigenvalue weighted by molar-refractivity contribution is -0.138. The van der Waals surface area contributed by atoms with Crippen molar-refractivity contribution in [2.24, 2.45) is 0 Å². The third kappa shape index (κ3) is 1.90. The summed E-state index contributed by atoms with van der Waals surface area (Å²) in [5.41, 5.74) is -1.26. The molecular weight excluding hydrogens is 233 g/mol. The van der Waals surface area contributed by atoms with E-state index in [9.17, 15) is 18.0 Å². The number of ether oxygens (including phenoxy) is 1. The molecule has 0 N–H and O–H groups in total. The van der Waals surface area contributed by atoms with Crippen LogP contribution in [-0.4, -0.2) is 13.4 Å². The number of alkyl halides is 3. The summed E-state index contributed by atoms with van der Waals surface area (Å²) in [5.74, 6) is -0.232. The fraction of sp³-hybridized carbons (Fsp3) is 0.417. The minimum Gasteiger partial charge on any atom is -0.496 e. The van der Waals surface area contributed by atoms with Crippen molar-refractivity contribution in [2.45, 2.75) is 24.4 Å². The minimum atomic E-state index is -4.47. The van der Waals surface area contributed by atoms with Crippen molar-refractivity contribution in [3.8, 4) is 5.75 Å². The van der Waals surface area contributed by atoms with E-state index in [-0.39, 0.29) is 5.75 Å². The van der Waals surface area contributed by atoms with Gasteiger partial charge in [0.05, 0.1) is 18.1 Å². The molecule has 17 heavy (non-hydrogen) atoms. The molecule has 0 spiro atoms. The van der Waals surface area contributed by atoms with Crippen molar-refractivity contribution >= 4 is 6.29 Å². The molecule has 1 aliphatic rings. The molecule has 1 fully saturated rings. The van der Waals surface area contributed by atoms with E-state index in [1.165, 1.54) is 19.2 Å². The molecule has 2 rings (SSSR count). The van der Waals surface area contributed by atoms with Gasteiger partial charge in [-0.1, -0.05) is 12.1 Å². The van der Waals surface area contributed by atoms with E-state index in [2.05, 4.69) is 0 Å². The number of benzene rings is 1. The molecule has 0 atom stereocenters. The van der Waals surface area contributed by atoms with Crippen molar-refractivity contribution < 1.29 is 22.7 Å². The third-order valence-corrected chi connectivity index (χ3v) is 3.08. The van der Waals surface area contributed by atoms with Crippen LogP contribution in [0.25, 0.3) is 0 Å². The molecule has 1 saturated carbocycles. The molecule has 1 aromatic carbocycles. The number of hydrogen-bond donors (Lipinski definition) is 0. The van der Waals surface area contributed by atoms with Gasteiger partial charge in [-0.2, -0.15) is 13.2 Å². The van der Waals surface area contributed by atoms with Crippen LogP contribution in [0.15, 0.2) is 18.2 Å². The van der Waals surface area contributed by atoms with Gasteiger partial charge in [-0.15, -0.1) is 0 Å². The lowest BCUT2D eigenvalue weighted by Crippen LogP contribution is -2.14. The predicted octanol–water partition coefficient (Wildman–Crippen LogP) is 2.94. The van der Waals surface area contributed by atoms with Crippen molar-refractivity contribution in [3.63, 3.8) is 0 Å². The Hall–Kier alpha value is -1.52. The Kier molecular flexibility index (Phi) is 2.64. The van der Waals surface area contributed by atoms with E-state index in [0.717, 1.165) is 6.07 Å². The van der Waals surface area contributed by atoms with E-state index in [4.69, 9.17) is 4.74 Å². The van der Waals surface area contributed by atoms with E-state index in [1.54, 1.807) is 0 Å². The van der Waals surface area contributed by atoms with Gasteiger partial charge >= 0.3 is 6.18 Å². The Balaban J connectivity index is 2.58. The Morgan fingerprint density at radius 3 is 2.41 bits per heavy atom. The van der Waals surface area contributed by atoms with E-state index < -0.39 is 17.2 Å². The van der Waals surface area contributed by atoms with Gasteiger partial charge in [-0.25, -0.2) is 0 Å². The number of rotatable bonds is 3. The Morgan fingerprint density at radius 2 is 2.00 bits per heavy atom. The minimum absolute atomic E-state index is 0.232. The Bertz CT molecular complexity index is 448. The monoisotopic (exact) mass is 244 g/mol. The fourth-order valence-corrected chi connectivity index (χ4v) is 1.96. The van der Waals surface area contributed by atoms with Crippen molar-refractivity contribution in [1.82, 2.24) is 0 Å². The van der Waals surface area contributed by atoms with Crippen LogP contribution in [-0.2, 0) is 16.4 Å². The SMILES string of the molecule is COc1c(C(F)(F)F)cccc1C1(C=O)CC1. The lowest BCUT2D eigenvalue weighted by Gasteiger charge is -2.18. The molecule has 1 aromatic rings. The summed E-state index contributed by atoms with van der Waals surface area (Å²) in [6.07, 6.45) is -2.60. The molecule has 0 unspecified atom stereocenters. The van der Waals surface area contributed by atoms with Gasteiger partial charge in [-0.05, 0) is 18.9 Å². The summed E-state index contributed by atoms with van der Waals surface area (Å²) in [7, 11) is 1.19. The number of halogens is 3. The highest BCUT2D eigenvalue weighted by atomic mass is 19.4. The summed E-state index contributed by atoms with van der Waals surface area (Å²) >= 11 is 0. The van der Waals surface area contributed by atoms with Gasteiger partial charge in [0.25, 0.3) is 0 Å². The third-order valence-electron chi connectivity index (χ3n) is 3.08. The largest absolute Gasteiger partial charge is 0.496 e. The fourth-order valence-electron chi connectivity index (χ4n) is 1.96. The average Bonchev–Trinajstić information content (AvgIpc) is 3.07. The molecule has 2 nitrogen and oxygen atoms in total. The molecule has 0 aromatic heterocycles. The van der Waals surface area contributed by atoms with Crippen molar-refractivity contribution in [1.29, 1.82) is 0 Å². The van der Waals surface area contributed by atoms with Crippen LogP contribution < -0.4 is 4.74 Å². The van der Waals surface area contributed by atoms with Gasteiger partial charge in [0, 0.05) is 5.56 Å². The number of carbonyl (C=O) groups excluding carboxylic acids is 1. The van der Waals surface area contributed by atoms with Crippen LogP contribution in [0.3, 0.4) is 0 Å². The molecule has 0 aliphatic heterocycles. The summed E-state index contributed by atoms with van der Waals surface area (Å²) in [6.45, 7) is 0. The molecule has 0 radical (unpaired) electrons. The zero-order valence-electron chi connectivity index (χ0n) is 9.17. The maximum absolute atomic E-state index is 12.8. The van der Waals surface area contributed by atoms with Crippen LogP contribution in [0.5, 0.6) is 5.75 Å². The molecule has 1 aliphatic carbocycles. The van der Waals surface area contributed by atoms with Gasteiger partial charge in [-0.3, -0.25) is 0 Å². The summed E-state index contributed by atoms with van der Waals surface area (Å²) in [6, 6.07) is 3.79. The van der Waals surface area contributed by atoms with Gasteiger partial charge in [0.15, 0.2) is 0 Å². The van der Waals surface area contributed by atoms with Crippen LogP contribution in [0, 0.1) is 0 Å². The highest BCUT2D eigenvalue weighted by molar-refractivity contribution is 5.75. The van der Waals surface area contributed by atoms with Gasteiger partial charge < -0.3 is 9.53 Å². The molecule has 5 heteroatoms. The quantitative estimate of drug-likeness (QED) is 0.764. The predicted molar refractivity (Wildman–Crippen MR) is 55.0 cm³/mol. The number of para-hydroxylation sites is 1. The second-order valence-electron chi connectivity index (χ2n) is 4.16. The molecule has 0 amide bonds. The maximum atomic E-state index is 12.8. The van der Waals surface area contributed by atoms with Gasteiger partial charge in [0.1, 0.15) is 12.0 Å². The normalized spacial score (nSPS) is 17.6. The first kappa shape index (κ1) is 12.0. The number of carbonyl (C=O) groups is 1. The number of hydrogen-bond acceptors (Lipinski definition) is 2. The Morgan fingerprint density at radius 1 is 1.35 bits per heavy atom. The standard InChI is InChI=1S/C12H11F3O2/c1-17-10-8(11(7-16)5-6-11)3-2-4-9(10)12(13,14)15/h2-4,7H,5-6H2,1H3. The maximum Gasteiger partial charge on any atom is 0.419 e. The van der Waals surface area contributed by atoms with Gasteiger partial charge in [0.2, 0.25) is 0 Å². The van der Waals surface area contributed by atoms with Crippen LogP contribution in [0.2, 0.25) is 0 Å². The molecule has 0 heterocycles. The first-order valence-corrected chi connectivity index (χ1v) is 5.15. The second-order valence-corrected chi connectivity index (χ2v) is 4.16. The number of methoxy groups -OCH3 is 1. The average molecular weight is 244 g/mol. The molecule has 0 saturated heterocycles. The van der Waals surface area contributed by atoms with E-state index >= 15 is 0 Å². The van der Waals surface area contributed by atoms with Crippen LogP contribution in [0.1, 0.15) is 24.0 Å². The molecular formula is C12H11F3O2. The van der Waals surface area contributed by atoms with Crippen LogP contribution >= 0.6 is 0 Å². The summed E-state index contributed by atoms with van der Waals surface area (Å²) in [5, 5.41) is 0. The zero-order valence-corrected chi connectivity index (χ0v) is 9.17. The molecule has 92 valence electrons. The highest BCUT2D eigenvalue weighted by Crippen LogP contribution is 2.52. The Labute approximate surface area is 96.4 Å². The van der Waals surface area contributed by atoms with Crippen LogP contribution in [0.4, 0.5) is 13.2 Å². The summed E-state index contributed by atoms with van der Waals surface area (Å²) in [4.78, 5) is 11.0. The lowest BCUT2D eigenvalue weighted by atomic mass is 9.94. The first-order chi connectivity index (χ1) is 7.94. The van der Waals surface area contributed by atoms with E-state index in [1.807, 2.05) is 0 Å². The summed E-state index contributed by atoms with van der Waals surface area (Å²) < 4.78 is 43.1. The van der Waals surface area contributed by atoms with E-state index in [0.29, 0.717) is 24.7 Å². The molecule has 0 bridgehead atoms. The zero-order chi connectivity index (χ0) is 12.7. The smallest absolute Gasteiger partial charge is 0.419 e. The first-order valence-electron chi connectivity index (χ1n) is 5.15. The second kappa shape index (κ2) is 3.75.